The summed E-state index contributed by atoms with van der Waals surface area (Å²) in [4.78, 5) is 8.61. The smallest absolute Gasteiger partial charge is 0.146 e. The van der Waals surface area contributed by atoms with Crippen molar-refractivity contribution < 1.29 is 4.74 Å². The number of ether oxygens (including phenoxy) is 1. The molecule has 2 N–H and O–H groups in total. The number of aryl methyl sites for hydroxylation is 1. The molecule has 0 saturated heterocycles. The Bertz CT molecular complexity index is 756. The van der Waals surface area contributed by atoms with E-state index in [-0.39, 0.29) is 0 Å². The summed E-state index contributed by atoms with van der Waals surface area (Å²) in [6.07, 6.45) is 3.47. The lowest BCUT2D eigenvalue weighted by Crippen LogP contribution is -2.01. The van der Waals surface area contributed by atoms with Crippen molar-refractivity contribution in [2.75, 3.05) is 0 Å². The Hall–Kier alpha value is -2.46. The minimum Gasteiger partial charge on any atom is -0.455 e. The van der Waals surface area contributed by atoms with Crippen molar-refractivity contribution in [2.45, 2.75) is 13.5 Å². The monoisotopic (exact) mass is 265 g/mol. The Morgan fingerprint density at radius 3 is 2.80 bits per heavy atom. The zero-order chi connectivity index (χ0) is 13.9. The fraction of sp³-hybridized carbons (Fsp3) is 0.125. The fourth-order valence-electron chi connectivity index (χ4n) is 2.04. The normalized spacial score (nSPS) is 10.7. The molecule has 0 atom stereocenters. The molecule has 0 saturated carbocycles. The first kappa shape index (κ1) is 12.6. The number of nitrogens with two attached hydrogens (primary N) is 1. The molecule has 0 amide bonds. The van der Waals surface area contributed by atoms with Gasteiger partial charge in [0.1, 0.15) is 11.5 Å². The second kappa shape index (κ2) is 5.27. The predicted molar refractivity (Wildman–Crippen MR) is 78.7 cm³/mol. The number of hydrogen-bond donors (Lipinski definition) is 1. The molecule has 1 aromatic carbocycles. The fourth-order valence-corrected chi connectivity index (χ4v) is 2.04. The maximum atomic E-state index is 5.91. The number of pyridine rings is 2. The average molecular weight is 265 g/mol. The zero-order valence-electron chi connectivity index (χ0n) is 11.2. The summed E-state index contributed by atoms with van der Waals surface area (Å²) >= 11 is 0. The van der Waals surface area contributed by atoms with Gasteiger partial charge in [0.05, 0.1) is 11.7 Å². The lowest BCUT2D eigenvalue weighted by molar-refractivity contribution is 0.473. The van der Waals surface area contributed by atoms with Crippen LogP contribution in [-0.4, -0.2) is 9.97 Å². The van der Waals surface area contributed by atoms with Gasteiger partial charge in [-0.3, -0.25) is 9.97 Å². The maximum absolute atomic E-state index is 5.91. The van der Waals surface area contributed by atoms with Crippen LogP contribution < -0.4 is 10.5 Å². The first-order valence-electron chi connectivity index (χ1n) is 6.44. The van der Waals surface area contributed by atoms with Crippen molar-refractivity contribution in [3.05, 3.63) is 60.0 Å². The van der Waals surface area contributed by atoms with E-state index in [0.717, 1.165) is 27.9 Å². The van der Waals surface area contributed by atoms with E-state index in [1.165, 1.54) is 0 Å². The summed E-state index contributed by atoms with van der Waals surface area (Å²) < 4.78 is 5.91. The van der Waals surface area contributed by atoms with Crippen LogP contribution in [0.2, 0.25) is 0 Å². The topological polar surface area (TPSA) is 61.0 Å². The second-order valence-electron chi connectivity index (χ2n) is 4.60. The Morgan fingerprint density at radius 2 is 1.95 bits per heavy atom. The lowest BCUT2D eigenvalue weighted by atomic mass is 10.2. The highest BCUT2D eigenvalue weighted by Gasteiger charge is 2.06. The first-order chi connectivity index (χ1) is 9.76. The third kappa shape index (κ3) is 2.46. The van der Waals surface area contributed by atoms with Crippen molar-refractivity contribution >= 4 is 10.9 Å². The van der Waals surface area contributed by atoms with Gasteiger partial charge in [-0.05, 0) is 19.1 Å². The summed E-state index contributed by atoms with van der Waals surface area (Å²) in [6, 6.07) is 11.8. The predicted octanol–water partition coefficient (Wildman–Crippen LogP) is 3.19. The second-order valence-corrected chi connectivity index (χ2v) is 4.60. The molecule has 3 rings (SSSR count). The average Bonchev–Trinajstić information content (AvgIpc) is 2.47. The third-order valence-corrected chi connectivity index (χ3v) is 3.09. The molecular weight excluding hydrogens is 250 g/mol. The molecule has 2 heterocycles. The van der Waals surface area contributed by atoms with Crippen LogP contribution in [0.4, 0.5) is 0 Å². The van der Waals surface area contributed by atoms with E-state index in [0.29, 0.717) is 12.3 Å². The van der Waals surface area contributed by atoms with Crippen LogP contribution in [0.15, 0.2) is 48.8 Å². The number of nitrogens with zero attached hydrogens (tertiary/aromatic N) is 2. The molecule has 4 heteroatoms. The van der Waals surface area contributed by atoms with E-state index in [1.54, 1.807) is 12.4 Å². The summed E-state index contributed by atoms with van der Waals surface area (Å²) in [5.74, 6) is 1.43. The number of hydrogen-bond acceptors (Lipinski definition) is 4. The molecule has 0 bridgehead atoms. The molecule has 20 heavy (non-hydrogen) atoms. The molecular formula is C16H15N3O. The lowest BCUT2D eigenvalue weighted by Gasteiger charge is -2.10. The van der Waals surface area contributed by atoms with E-state index in [1.807, 2.05) is 43.3 Å². The number of aromatic nitrogens is 2. The van der Waals surface area contributed by atoms with Crippen LogP contribution in [-0.2, 0) is 6.54 Å². The van der Waals surface area contributed by atoms with E-state index < -0.39 is 0 Å². The molecule has 4 nitrogen and oxygen atoms in total. The largest absolute Gasteiger partial charge is 0.455 e. The van der Waals surface area contributed by atoms with Gasteiger partial charge >= 0.3 is 0 Å². The van der Waals surface area contributed by atoms with Crippen LogP contribution in [0.3, 0.4) is 0 Å². The standard InChI is InChI=1S/C16H15N3O/c1-11-6-16(13(8-17)9-18-11)20-14-7-12-4-2-3-5-15(12)19-10-14/h2-7,9-10H,8,17H2,1H3. The van der Waals surface area contributed by atoms with Gasteiger partial charge in [0, 0.05) is 35.5 Å². The summed E-state index contributed by atoms with van der Waals surface area (Å²) in [5.41, 5.74) is 8.43. The molecule has 0 unspecified atom stereocenters. The van der Waals surface area contributed by atoms with Crippen LogP contribution in [0.25, 0.3) is 10.9 Å². The van der Waals surface area contributed by atoms with Gasteiger partial charge in [0.15, 0.2) is 0 Å². The number of rotatable bonds is 3. The van der Waals surface area contributed by atoms with Crippen LogP contribution in [0, 0.1) is 6.92 Å². The highest BCUT2D eigenvalue weighted by atomic mass is 16.5. The van der Waals surface area contributed by atoms with E-state index >= 15 is 0 Å². The summed E-state index contributed by atoms with van der Waals surface area (Å²) in [5, 5.41) is 1.05. The van der Waals surface area contributed by atoms with Crippen LogP contribution in [0.1, 0.15) is 11.3 Å². The van der Waals surface area contributed by atoms with Gasteiger partial charge in [-0.15, -0.1) is 0 Å². The molecule has 0 radical (unpaired) electrons. The van der Waals surface area contributed by atoms with Crippen LogP contribution >= 0.6 is 0 Å². The Morgan fingerprint density at radius 1 is 1.10 bits per heavy atom. The van der Waals surface area contributed by atoms with E-state index in [4.69, 9.17) is 10.5 Å². The third-order valence-electron chi connectivity index (χ3n) is 3.09. The van der Waals surface area contributed by atoms with Crippen molar-refractivity contribution in [3.8, 4) is 11.5 Å². The minimum absolute atomic E-state index is 0.392. The molecule has 0 aliphatic carbocycles. The molecule has 0 spiro atoms. The SMILES string of the molecule is Cc1cc(Oc2cnc3ccccc3c2)c(CN)cn1. The van der Waals surface area contributed by atoms with Crippen molar-refractivity contribution in [2.24, 2.45) is 5.73 Å². The number of fused-ring (bicyclic) bond motifs is 1. The van der Waals surface area contributed by atoms with Gasteiger partial charge in [-0.1, -0.05) is 18.2 Å². The number of para-hydroxylation sites is 1. The van der Waals surface area contributed by atoms with Gasteiger partial charge in [0.2, 0.25) is 0 Å². The zero-order valence-corrected chi connectivity index (χ0v) is 11.2. The Balaban J connectivity index is 1.98. The Kier molecular flexibility index (Phi) is 3.31. The first-order valence-corrected chi connectivity index (χ1v) is 6.44. The molecule has 100 valence electrons. The van der Waals surface area contributed by atoms with Crippen LogP contribution in [0.5, 0.6) is 11.5 Å². The molecule has 3 aromatic rings. The van der Waals surface area contributed by atoms with Crippen molar-refractivity contribution in [3.63, 3.8) is 0 Å². The van der Waals surface area contributed by atoms with Crippen molar-refractivity contribution in [1.29, 1.82) is 0 Å². The van der Waals surface area contributed by atoms with E-state index in [9.17, 15) is 0 Å². The van der Waals surface area contributed by atoms with Gasteiger partial charge < -0.3 is 10.5 Å². The quantitative estimate of drug-likeness (QED) is 0.790. The molecule has 0 aliphatic rings. The molecule has 2 aromatic heterocycles. The van der Waals surface area contributed by atoms with Crippen molar-refractivity contribution in [1.82, 2.24) is 9.97 Å². The van der Waals surface area contributed by atoms with Gasteiger partial charge in [-0.2, -0.15) is 0 Å². The minimum atomic E-state index is 0.392. The highest BCUT2D eigenvalue weighted by molar-refractivity contribution is 5.79. The molecule has 0 aliphatic heterocycles. The van der Waals surface area contributed by atoms with E-state index in [2.05, 4.69) is 9.97 Å². The molecule has 0 fully saturated rings. The summed E-state index contributed by atoms with van der Waals surface area (Å²) in [7, 11) is 0. The highest BCUT2D eigenvalue weighted by Crippen LogP contribution is 2.27. The van der Waals surface area contributed by atoms with Gasteiger partial charge in [0.25, 0.3) is 0 Å². The summed E-state index contributed by atoms with van der Waals surface area (Å²) in [6.45, 7) is 2.31. The Labute approximate surface area is 117 Å². The number of benzene rings is 1. The van der Waals surface area contributed by atoms with Gasteiger partial charge in [-0.25, -0.2) is 0 Å². The maximum Gasteiger partial charge on any atom is 0.146 e.